The molecule has 0 amide bonds. The summed E-state index contributed by atoms with van der Waals surface area (Å²) in [5.41, 5.74) is 0.799. The Bertz CT molecular complexity index is 403. The quantitative estimate of drug-likeness (QED) is 0.780. The lowest BCUT2D eigenvalue weighted by Gasteiger charge is -2.11. The predicted octanol–water partition coefficient (Wildman–Crippen LogP) is 0.912. The molecular weight excluding hydrogens is 192 g/mol. The van der Waals surface area contributed by atoms with E-state index in [4.69, 9.17) is 5.11 Å². The first-order chi connectivity index (χ1) is 7.33. The first-order valence-corrected chi connectivity index (χ1v) is 5.02. The number of pyridine rings is 1. The first-order valence-electron chi connectivity index (χ1n) is 5.02. The molecule has 2 heterocycles. The Morgan fingerprint density at radius 2 is 2.40 bits per heavy atom. The molecule has 2 N–H and O–H groups in total. The Morgan fingerprint density at radius 1 is 1.53 bits per heavy atom. The van der Waals surface area contributed by atoms with Crippen molar-refractivity contribution in [3.63, 3.8) is 0 Å². The highest BCUT2D eigenvalue weighted by Gasteiger charge is 2.07. The van der Waals surface area contributed by atoms with Crippen LogP contribution in [-0.2, 0) is 0 Å². The van der Waals surface area contributed by atoms with Crippen LogP contribution < -0.4 is 5.32 Å². The van der Waals surface area contributed by atoms with Crippen molar-refractivity contribution in [3.8, 4) is 0 Å². The van der Waals surface area contributed by atoms with Crippen molar-refractivity contribution < 1.29 is 5.11 Å². The third-order valence-corrected chi connectivity index (χ3v) is 2.29. The van der Waals surface area contributed by atoms with Crippen molar-refractivity contribution in [1.82, 2.24) is 14.6 Å². The Morgan fingerprint density at radius 3 is 3.07 bits per heavy atom. The molecule has 0 aliphatic rings. The van der Waals surface area contributed by atoms with Gasteiger partial charge in [0, 0.05) is 6.20 Å². The number of hydrogen-bond acceptors (Lipinski definition) is 4. The predicted molar refractivity (Wildman–Crippen MR) is 57.8 cm³/mol. The molecule has 1 atom stereocenters. The van der Waals surface area contributed by atoms with Crippen LogP contribution in [0.1, 0.15) is 13.3 Å². The molecular formula is C10H14N4O. The molecule has 5 nitrogen and oxygen atoms in total. The van der Waals surface area contributed by atoms with Crippen molar-refractivity contribution in [1.29, 1.82) is 0 Å². The lowest BCUT2D eigenvalue weighted by atomic mass is 10.2. The molecule has 2 aromatic heterocycles. The monoisotopic (exact) mass is 206 g/mol. The fourth-order valence-corrected chi connectivity index (χ4v) is 1.35. The normalized spacial score (nSPS) is 12.9. The number of aliphatic hydroxyl groups is 1. The van der Waals surface area contributed by atoms with Crippen molar-refractivity contribution in [2.24, 2.45) is 0 Å². The van der Waals surface area contributed by atoms with Crippen LogP contribution in [-0.4, -0.2) is 32.4 Å². The first kappa shape index (κ1) is 9.92. The third kappa shape index (κ3) is 2.07. The second-order valence-electron chi connectivity index (χ2n) is 3.37. The van der Waals surface area contributed by atoms with Gasteiger partial charge in [0.25, 0.3) is 0 Å². The van der Waals surface area contributed by atoms with Gasteiger partial charge >= 0.3 is 0 Å². The number of anilines is 1. The molecule has 0 aliphatic carbocycles. The van der Waals surface area contributed by atoms with Gasteiger partial charge in [-0.05, 0) is 18.6 Å². The lowest BCUT2D eigenvalue weighted by molar-refractivity contribution is 0.271. The van der Waals surface area contributed by atoms with E-state index in [2.05, 4.69) is 15.4 Å². The molecule has 1 unspecified atom stereocenters. The average Bonchev–Trinajstić information content (AvgIpc) is 2.68. The SMILES string of the molecule is CCC(CO)Nc1nc2ccccn2n1. The largest absolute Gasteiger partial charge is 0.394 e. The van der Waals surface area contributed by atoms with Crippen LogP contribution in [0.4, 0.5) is 5.95 Å². The second kappa shape index (κ2) is 4.27. The Labute approximate surface area is 87.8 Å². The zero-order valence-electron chi connectivity index (χ0n) is 8.59. The standard InChI is InChI=1S/C10H14N4O/c1-2-8(7-15)11-10-12-9-5-3-4-6-14(9)13-10/h3-6,8,15H,2,7H2,1H3,(H,11,13). The summed E-state index contributed by atoms with van der Waals surface area (Å²) in [6.07, 6.45) is 2.68. The van der Waals surface area contributed by atoms with Gasteiger partial charge in [0.05, 0.1) is 12.6 Å². The summed E-state index contributed by atoms with van der Waals surface area (Å²) in [5, 5.41) is 16.3. The van der Waals surface area contributed by atoms with Gasteiger partial charge in [0.1, 0.15) is 0 Å². The summed E-state index contributed by atoms with van der Waals surface area (Å²) in [6.45, 7) is 2.09. The van der Waals surface area contributed by atoms with Crippen molar-refractivity contribution in [2.75, 3.05) is 11.9 Å². The van der Waals surface area contributed by atoms with Crippen LogP contribution in [0.25, 0.3) is 5.65 Å². The van der Waals surface area contributed by atoms with Crippen molar-refractivity contribution in [2.45, 2.75) is 19.4 Å². The second-order valence-corrected chi connectivity index (χ2v) is 3.37. The van der Waals surface area contributed by atoms with Crippen LogP contribution in [0.15, 0.2) is 24.4 Å². The van der Waals surface area contributed by atoms with Crippen molar-refractivity contribution in [3.05, 3.63) is 24.4 Å². The Kier molecular flexibility index (Phi) is 2.82. The van der Waals surface area contributed by atoms with E-state index >= 15 is 0 Å². The van der Waals surface area contributed by atoms with E-state index in [1.807, 2.05) is 31.3 Å². The molecule has 0 spiro atoms. The van der Waals surface area contributed by atoms with Gasteiger partial charge in [-0.2, -0.15) is 4.98 Å². The maximum atomic E-state index is 9.04. The third-order valence-electron chi connectivity index (χ3n) is 2.29. The van der Waals surface area contributed by atoms with Crippen LogP contribution in [0.5, 0.6) is 0 Å². The highest BCUT2D eigenvalue weighted by Crippen LogP contribution is 2.06. The van der Waals surface area contributed by atoms with Crippen LogP contribution >= 0.6 is 0 Å². The van der Waals surface area contributed by atoms with Crippen LogP contribution in [0.2, 0.25) is 0 Å². The molecule has 0 fully saturated rings. The van der Waals surface area contributed by atoms with E-state index in [1.165, 1.54) is 0 Å². The fraction of sp³-hybridized carbons (Fsp3) is 0.400. The number of fused-ring (bicyclic) bond motifs is 1. The highest BCUT2D eigenvalue weighted by molar-refractivity contribution is 5.43. The molecule has 0 bridgehead atoms. The van der Waals surface area contributed by atoms with E-state index in [1.54, 1.807) is 4.52 Å². The number of rotatable bonds is 4. The summed E-state index contributed by atoms with van der Waals surface area (Å²) >= 11 is 0. The van der Waals surface area contributed by atoms with Crippen molar-refractivity contribution >= 4 is 11.6 Å². The smallest absolute Gasteiger partial charge is 0.243 e. The highest BCUT2D eigenvalue weighted by atomic mass is 16.3. The molecule has 2 aromatic rings. The van der Waals surface area contributed by atoms with E-state index in [9.17, 15) is 0 Å². The maximum Gasteiger partial charge on any atom is 0.243 e. The number of hydrogen-bond donors (Lipinski definition) is 2. The number of aliphatic hydroxyl groups excluding tert-OH is 1. The zero-order valence-corrected chi connectivity index (χ0v) is 8.59. The van der Waals surface area contributed by atoms with E-state index in [0.717, 1.165) is 12.1 Å². The van der Waals surface area contributed by atoms with Gasteiger partial charge in [-0.3, -0.25) is 0 Å². The van der Waals surface area contributed by atoms with E-state index in [-0.39, 0.29) is 12.6 Å². The molecule has 0 aliphatic heterocycles. The average molecular weight is 206 g/mol. The van der Waals surface area contributed by atoms with Gasteiger partial charge in [0.15, 0.2) is 5.65 Å². The fourth-order valence-electron chi connectivity index (χ4n) is 1.35. The summed E-state index contributed by atoms with van der Waals surface area (Å²) in [6, 6.07) is 5.71. The minimum Gasteiger partial charge on any atom is -0.394 e. The number of nitrogens with zero attached hydrogens (tertiary/aromatic N) is 3. The number of nitrogens with one attached hydrogen (secondary N) is 1. The molecule has 0 radical (unpaired) electrons. The zero-order chi connectivity index (χ0) is 10.7. The minimum absolute atomic E-state index is 0.0161. The van der Waals surface area contributed by atoms with Gasteiger partial charge in [-0.15, -0.1) is 5.10 Å². The lowest BCUT2D eigenvalue weighted by Crippen LogP contribution is -2.23. The molecule has 80 valence electrons. The summed E-state index contributed by atoms with van der Waals surface area (Å²) in [4.78, 5) is 4.28. The topological polar surface area (TPSA) is 62.5 Å². The Hall–Kier alpha value is -1.62. The van der Waals surface area contributed by atoms with Crippen LogP contribution in [0.3, 0.4) is 0 Å². The molecule has 2 rings (SSSR count). The van der Waals surface area contributed by atoms with Gasteiger partial charge < -0.3 is 10.4 Å². The molecule has 0 aromatic carbocycles. The van der Waals surface area contributed by atoms with Gasteiger partial charge in [-0.1, -0.05) is 13.0 Å². The van der Waals surface area contributed by atoms with Gasteiger partial charge in [-0.25, -0.2) is 4.52 Å². The molecule has 15 heavy (non-hydrogen) atoms. The van der Waals surface area contributed by atoms with E-state index < -0.39 is 0 Å². The van der Waals surface area contributed by atoms with Gasteiger partial charge in [0.2, 0.25) is 5.95 Å². The van der Waals surface area contributed by atoms with Crippen LogP contribution in [0, 0.1) is 0 Å². The summed E-state index contributed by atoms with van der Waals surface area (Å²) in [7, 11) is 0. The number of aromatic nitrogens is 3. The summed E-state index contributed by atoms with van der Waals surface area (Å²) in [5.74, 6) is 0.558. The molecule has 0 saturated heterocycles. The molecule has 0 saturated carbocycles. The Balaban J connectivity index is 2.21. The van der Waals surface area contributed by atoms with E-state index in [0.29, 0.717) is 5.95 Å². The minimum atomic E-state index is 0.0161. The molecule has 5 heteroatoms. The maximum absolute atomic E-state index is 9.04. The summed E-state index contributed by atoms with van der Waals surface area (Å²) < 4.78 is 1.70.